The number of aryl methyl sites for hydroxylation is 1. The largest absolute Gasteiger partial charge is 0.507 e. The van der Waals surface area contributed by atoms with Crippen LogP contribution in [-0.2, 0) is 5.41 Å². The summed E-state index contributed by atoms with van der Waals surface area (Å²) >= 11 is 0. The molecular weight excluding hydrogens is 364 g/mol. The Kier molecular flexibility index (Phi) is 4.06. The van der Waals surface area contributed by atoms with E-state index in [-0.39, 0.29) is 5.75 Å². The maximum absolute atomic E-state index is 11.9. The van der Waals surface area contributed by atoms with E-state index in [4.69, 9.17) is 4.42 Å². The fourth-order valence-electron chi connectivity index (χ4n) is 4.44. The summed E-state index contributed by atoms with van der Waals surface area (Å²) < 4.78 is 5.41. The van der Waals surface area contributed by atoms with Crippen LogP contribution >= 0.6 is 0 Å². The number of hydrogen-bond acceptors (Lipinski definition) is 5. The Hall–Kier alpha value is -3.52. The monoisotopic (exact) mass is 386 g/mol. The molecule has 1 aromatic heterocycles. The van der Waals surface area contributed by atoms with E-state index in [2.05, 4.69) is 6.07 Å². The Morgan fingerprint density at radius 2 is 1.93 bits per heavy atom. The van der Waals surface area contributed by atoms with Crippen LogP contribution in [0.3, 0.4) is 0 Å². The van der Waals surface area contributed by atoms with Crippen molar-refractivity contribution in [1.82, 2.24) is 0 Å². The van der Waals surface area contributed by atoms with Crippen molar-refractivity contribution in [3.8, 4) is 11.8 Å². The average molecular weight is 386 g/mol. The van der Waals surface area contributed by atoms with Gasteiger partial charge in [-0.1, -0.05) is 32.0 Å². The predicted molar refractivity (Wildman–Crippen MR) is 114 cm³/mol. The maximum atomic E-state index is 11.9. The molecule has 2 aromatic carbocycles. The molecule has 0 aliphatic carbocycles. The smallest absolute Gasteiger partial charge is 0.336 e. The Balaban J connectivity index is 1.93. The van der Waals surface area contributed by atoms with E-state index in [1.165, 1.54) is 6.07 Å². The Bertz CT molecular complexity index is 1260. The van der Waals surface area contributed by atoms with E-state index < -0.39 is 16.6 Å². The molecule has 1 aliphatic rings. The molecule has 3 aromatic rings. The third-order valence-electron chi connectivity index (χ3n) is 6.22. The van der Waals surface area contributed by atoms with Crippen molar-refractivity contribution in [2.24, 2.45) is 0 Å². The molecule has 1 aliphatic heterocycles. The van der Waals surface area contributed by atoms with Crippen molar-refractivity contribution in [2.45, 2.75) is 31.7 Å². The van der Waals surface area contributed by atoms with Crippen LogP contribution in [0.15, 0.2) is 57.8 Å². The summed E-state index contributed by atoms with van der Waals surface area (Å²) in [6.45, 7) is 5.90. The van der Waals surface area contributed by atoms with Gasteiger partial charge in [0.1, 0.15) is 11.3 Å². The Morgan fingerprint density at radius 3 is 2.62 bits per heavy atom. The highest BCUT2D eigenvalue weighted by molar-refractivity contribution is 5.90. The zero-order chi connectivity index (χ0) is 21.0. The first-order valence-corrected chi connectivity index (χ1v) is 9.43. The molecule has 0 fully saturated rings. The minimum Gasteiger partial charge on any atom is -0.507 e. The second kappa shape index (κ2) is 6.25. The van der Waals surface area contributed by atoms with E-state index in [0.29, 0.717) is 11.1 Å². The third-order valence-corrected chi connectivity index (χ3v) is 6.22. The lowest BCUT2D eigenvalue weighted by atomic mass is 9.70. The molecule has 0 saturated carbocycles. The van der Waals surface area contributed by atoms with Gasteiger partial charge in [-0.15, -0.1) is 0 Å². The highest BCUT2D eigenvalue weighted by Crippen LogP contribution is 2.51. The van der Waals surface area contributed by atoms with Crippen molar-refractivity contribution < 1.29 is 9.52 Å². The van der Waals surface area contributed by atoms with Crippen LogP contribution in [0.4, 0.5) is 5.69 Å². The zero-order valence-corrected chi connectivity index (χ0v) is 16.9. The Morgan fingerprint density at radius 1 is 1.21 bits per heavy atom. The van der Waals surface area contributed by atoms with Crippen molar-refractivity contribution >= 4 is 22.7 Å². The lowest BCUT2D eigenvalue weighted by Crippen LogP contribution is -2.51. The van der Waals surface area contributed by atoms with E-state index in [1.54, 1.807) is 24.3 Å². The first-order valence-electron chi connectivity index (χ1n) is 9.43. The van der Waals surface area contributed by atoms with Crippen LogP contribution < -0.4 is 10.5 Å². The van der Waals surface area contributed by atoms with Gasteiger partial charge in [0.2, 0.25) is 0 Å². The predicted octanol–water partition coefficient (Wildman–Crippen LogP) is 4.51. The summed E-state index contributed by atoms with van der Waals surface area (Å²) in [7, 11) is 1.90. The Labute approximate surface area is 169 Å². The van der Waals surface area contributed by atoms with Crippen LogP contribution in [0.25, 0.3) is 17.0 Å². The van der Waals surface area contributed by atoms with Gasteiger partial charge in [0, 0.05) is 29.6 Å². The van der Waals surface area contributed by atoms with E-state index >= 15 is 0 Å². The first kappa shape index (κ1) is 18.8. The number of aromatic hydroxyl groups is 1. The van der Waals surface area contributed by atoms with E-state index in [1.807, 2.05) is 57.0 Å². The maximum Gasteiger partial charge on any atom is 0.336 e. The molecule has 4 rings (SSSR count). The van der Waals surface area contributed by atoms with Crippen LogP contribution in [0.2, 0.25) is 0 Å². The number of phenols is 1. The van der Waals surface area contributed by atoms with Gasteiger partial charge in [0.25, 0.3) is 0 Å². The minimum atomic E-state index is -0.977. The fourth-order valence-corrected chi connectivity index (χ4v) is 4.44. The molecule has 0 radical (unpaired) electrons. The number of fused-ring (bicyclic) bond motifs is 2. The van der Waals surface area contributed by atoms with Gasteiger partial charge < -0.3 is 14.4 Å². The van der Waals surface area contributed by atoms with E-state index in [0.717, 1.165) is 22.2 Å². The number of hydrogen-bond donors (Lipinski definition) is 1. The zero-order valence-electron chi connectivity index (χ0n) is 16.9. The number of nitriles is 1. The number of likely N-dealkylation sites (N-methyl/N-ethyl adjacent to an activating group) is 1. The molecule has 29 heavy (non-hydrogen) atoms. The summed E-state index contributed by atoms with van der Waals surface area (Å²) in [5.74, 6) is -0.00781. The lowest BCUT2D eigenvalue weighted by Gasteiger charge is -2.38. The molecule has 1 N–H and O–H groups in total. The van der Waals surface area contributed by atoms with Gasteiger partial charge in [0.05, 0.1) is 11.6 Å². The molecule has 5 nitrogen and oxygen atoms in total. The first-order chi connectivity index (χ1) is 13.7. The highest BCUT2D eigenvalue weighted by Gasteiger charge is 2.54. The molecule has 2 heterocycles. The molecule has 5 heteroatoms. The molecule has 0 saturated heterocycles. The summed E-state index contributed by atoms with van der Waals surface area (Å²) in [6, 6.07) is 15.2. The van der Waals surface area contributed by atoms with Crippen LogP contribution in [0, 0.1) is 18.3 Å². The van der Waals surface area contributed by atoms with Gasteiger partial charge in [-0.3, -0.25) is 0 Å². The van der Waals surface area contributed by atoms with Crippen molar-refractivity contribution in [1.29, 1.82) is 5.26 Å². The topological polar surface area (TPSA) is 77.5 Å². The second-order valence-electron chi connectivity index (χ2n) is 8.04. The normalized spacial score (nSPS) is 20.2. The number of nitrogens with zero attached hydrogens (tertiary/aromatic N) is 2. The summed E-state index contributed by atoms with van der Waals surface area (Å²) in [5.41, 5.74) is 1.60. The van der Waals surface area contributed by atoms with Crippen LogP contribution in [0.1, 0.15) is 30.5 Å². The van der Waals surface area contributed by atoms with Crippen LogP contribution in [-0.4, -0.2) is 17.7 Å². The summed E-state index contributed by atoms with van der Waals surface area (Å²) in [5, 5.41) is 21.5. The number of benzene rings is 2. The molecule has 0 amide bonds. The van der Waals surface area contributed by atoms with Gasteiger partial charge in [-0.05, 0) is 48.4 Å². The van der Waals surface area contributed by atoms with Crippen LogP contribution in [0.5, 0.6) is 5.75 Å². The quantitative estimate of drug-likeness (QED) is 0.656. The molecule has 1 atom stereocenters. The molecular formula is C24H22N2O3. The van der Waals surface area contributed by atoms with Crippen molar-refractivity contribution in [2.75, 3.05) is 11.9 Å². The number of para-hydroxylation sites is 1. The van der Waals surface area contributed by atoms with Gasteiger partial charge in [-0.2, -0.15) is 5.26 Å². The van der Waals surface area contributed by atoms with Gasteiger partial charge in [-0.25, -0.2) is 4.79 Å². The molecule has 0 bridgehead atoms. The number of rotatable bonds is 2. The van der Waals surface area contributed by atoms with Gasteiger partial charge >= 0.3 is 5.63 Å². The summed E-state index contributed by atoms with van der Waals surface area (Å²) in [4.78, 5) is 13.9. The molecule has 0 spiro atoms. The highest BCUT2D eigenvalue weighted by atomic mass is 16.4. The number of anilines is 1. The number of phenolic OH excluding ortho intramolecular Hbond substituents is 1. The molecule has 146 valence electrons. The second-order valence-corrected chi connectivity index (χ2v) is 8.04. The SMILES string of the molecule is Cc1cc(=O)oc2c(/C=C/C3(C#N)N(C)c4ccccc4C3(C)C)c(O)ccc12. The third kappa shape index (κ3) is 2.49. The standard InChI is InChI=1S/C24H22N2O3/c1-15-13-21(28)29-22-16(15)9-10-20(27)17(22)11-12-24(14-25)23(2,3)18-7-5-6-8-19(18)26(24)4/h5-13,27H,1-4H3/b12-11+. The van der Waals surface area contributed by atoms with Crippen molar-refractivity contribution in [3.63, 3.8) is 0 Å². The van der Waals surface area contributed by atoms with Gasteiger partial charge in [0.15, 0.2) is 5.54 Å². The average Bonchev–Trinajstić information content (AvgIpc) is 2.85. The fraction of sp³-hybridized carbons (Fsp3) is 0.250. The van der Waals surface area contributed by atoms with Crippen molar-refractivity contribution in [3.05, 3.63) is 75.7 Å². The minimum absolute atomic E-state index is 0.00781. The summed E-state index contributed by atoms with van der Waals surface area (Å²) in [6.07, 6.45) is 3.48. The lowest BCUT2D eigenvalue weighted by molar-refractivity contribution is 0.410. The van der Waals surface area contributed by atoms with E-state index in [9.17, 15) is 15.2 Å². The molecule has 1 unspecified atom stereocenters.